The quantitative estimate of drug-likeness (QED) is 0.357. The molecule has 0 fully saturated rings. The van der Waals surface area contributed by atoms with E-state index in [0.717, 1.165) is 23.1 Å². The number of guanidine groups is 1. The van der Waals surface area contributed by atoms with E-state index >= 15 is 0 Å². The van der Waals surface area contributed by atoms with Crippen molar-refractivity contribution in [3.8, 4) is 0 Å². The van der Waals surface area contributed by atoms with Gasteiger partial charge in [-0.3, -0.25) is 0 Å². The molecule has 0 radical (unpaired) electrons. The van der Waals surface area contributed by atoms with Crippen molar-refractivity contribution >= 4 is 41.5 Å². The maximum absolute atomic E-state index is 6.01. The minimum atomic E-state index is 0. The van der Waals surface area contributed by atoms with Gasteiger partial charge in [0.2, 0.25) is 0 Å². The molecule has 0 bridgehead atoms. The highest BCUT2D eigenvalue weighted by Gasteiger charge is 2.00. The van der Waals surface area contributed by atoms with Crippen LogP contribution in [0, 0.1) is 0 Å². The van der Waals surface area contributed by atoms with Gasteiger partial charge in [0.15, 0.2) is 5.96 Å². The Labute approximate surface area is 172 Å². The van der Waals surface area contributed by atoms with E-state index in [-0.39, 0.29) is 24.0 Å². The van der Waals surface area contributed by atoms with E-state index in [1.54, 1.807) is 7.11 Å². The second-order valence-electron chi connectivity index (χ2n) is 5.43. The highest BCUT2D eigenvalue weighted by molar-refractivity contribution is 14.0. The van der Waals surface area contributed by atoms with Crippen LogP contribution in [0.1, 0.15) is 23.6 Å². The molecule has 2 rings (SSSR count). The first kappa shape index (κ1) is 21.7. The van der Waals surface area contributed by atoms with Gasteiger partial charge < -0.3 is 15.4 Å². The van der Waals surface area contributed by atoms with Crippen molar-refractivity contribution in [3.63, 3.8) is 0 Å². The lowest BCUT2D eigenvalue weighted by atomic mass is 10.1. The van der Waals surface area contributed by atoms with Gasteiger partial charge in [0.1, 0.15) is 0 Å². The summed E-state index contributed by atoms with van der Waals surface area (Å²) in [6.45, 7) is 4.80. The summed E-state index contributed by atoms with van der Waals surface area (Å²) in [6, 6.07) is 16.1. The van der Waals surface area contributed by atoms with Crippen LogP contribution in [0.15, 0.2) is 53.5 Å². The molecule has 2 aromatic rings. The third kappa shape index (κ3) is 8.07. The number of hydrogen-bond donors (Lipinski definition) is 2. The van der Waals surface area contributed by atoms with Crippen LogP contribution >= 0.6 is 35.6 Å². The van der Waals surface area contributed by atoms with Crippen LogP contribution in [0.3, 0.4) is 0 Å². The zero-order valence-electron chi connectivity index (χ0n) is 14.6. The van der Waals surface area contributed by atoms with Gasteiger partial charge in [-0.2, -0.15) is 0 Å². The average Bonchev–Trinajstić information content (AvgIpc) is 2.59. The third-order valence-electron chi connectivity index (χ3n) is 3.45. The Morgan fingerprint density at radius 2 is 1.76 bits per heavy atom. The predicted octanol–water partition coefficient (Wildman–Crippen LogP) is 4.36. The van der Waals surface area contributed by atoms with Crippen LogP contribution in [-0.2, 0) is 24.4 Å². The molecule has 0 amide bonds. The molecule has 136 valence electrons. The maximum Gasteiger partial charge on any atom is 0.191 e. The maximum atomic E-state index is 6.01. The average molecular weight is 474 g/mol. The van der Waals surface area contributed by atoms with Gasteiger partial charge in [-0.1, -0.05) is 48.0 Å². The summed E-state index contributed by atoms with van der Waals surface area (Å²) in [5.41, 5.74) is 3.45. The Bertz CT molecular complexity index is 662. The molecule has 0 atom stereocenters. The lowest BCUT2D eigenvalue weighted by molar-refractivity contribution is 0.185. The van der Waals surface area contributed by atoms with Crippen LogP contribution in [0.4, 0.5) is 0 Å². The number of halogens is 2. The Balaban J connectivity index is 0.00000312. The number of rotatable bonds is 7. The molecule has 2 aromatic carbocycles. The topological polar surface area (TPSA) is 45.7 Å². The van der Waals surface area contributed by atoms with Crippen LogP contribution in [0.25, 0.3) is 0 Å². The summed E-state index contributed by atoms with van der Waals surface area (Å²) < 4.78 is 5.13. The van der Waals surface area contributed by atoms with E-state index < -0.39 is 0 Å². The molecule has 4 nitrogen and oxygen atoms in total. The van der Waals surface area contributed by atoms with Crippen molar-refractivity contribution in [1.29, 1.82) is 0 Å². The highest BCUT2D eigenvalue weighted by Crippen LogP contribution is 2.11. The Kier molecular flexibility index (Phi) is 10.5. The van der Waals surface area contributed by atoms with Gasteiger partial charge in [-0.25, -0.2) is 4.99 Å². The zero-order chi connectivity index (χ0) is 17.2. The Morgan fingerprint density at radius 1 is 1.04 bits per heavy atom. The Hall–Kier alpha value is -1.31. The number of methoxy groups -OCH3 is 1. The smallest absolute Gasteiger partial charge is 0.191 e. The molecular weight excluding hydrogens is 449 g/mol. The first-order valence-corrected chi connectivity index (χ1v) is 8.42. The molecule has 0 aliphatic heterocycles. The molecule has 0 saturated carbocycles. The Morgan fingerprint density at radius 3 is 2.40 bits per heavy atom. The molecule has 0 spiro atoms. The molecule has 0 aliphatic carbocycles. The third-order valence-corrected chi connectivity index (χ3v) is 3.68. The highest BCUT2D eigenvalue weighted by atomic mass is 127. The predicted molar refractivity (Wildman–Crippen MR) is 116 cm³/mol. The van der Waals surface area contributed by atoms with E-state index in [1.165, 1.54) is 11.1 Å². The second-order valence-corrected chi connectivity index (χ2v) is 5.86. The normalized spacial score (nSPS) is 10.9. The summed E-state index contributed by atoms with van der Waals surface area (Å²) >= 11 is 6.01. The van der Waals surface area contributed by atoms with E-state index in [2.05, 4.69) is 46.8 Å². The summed E-state index contributed by atoms with van der Waals surface area (Å²) in [7, 11) is 1.70. The number of hydrogen-bond acceptors (Lipinski definition) is 2. The van der Waals surface area contributed by atoms with Crippen LogP contribution < -0.4 is 10.6 Å². The van der Waals surface area contributed by atoms with E-state index in [9.17, 15) is 0 Å². The van der Waals surface area contributed by atoms with Gasteiger partial charge in [0, 0.05) is 25.2 Å². The largest absolute Gasteiger partial charge is 0.380 e. The van der Waals surface area contributed by atoms with E-state index in [4.69, 9.17) is 16.3 Å². The fraction of sp³-hybridized carbons (Fsp3) is 0.316. The summed E-state index contributed by atoms with van der Waals surface area (Å²) in [4.78, 5) is 4.60. The van der Waals surface area contributed by atoms with E-state index in [0.29, 0.717) is 19.7 Å². The number of ether oxygens (including phenoxy) is 1. The van der Waals surface area contributed by atoms with Crippen LogP contribution in [0.5, 0.6) is 0 Å². The molecule has 6 heteroatoms. The molecule has 0 saturated heterocycles. The number of nitrogens with zero attached hydrogens (tertiary/aromatic N) is 1. The molecule has 25 heavy (non-hydrogen) atoms. The molecule has 2 N–H and O–H groups in total. The first-order valence-electron chi connectivity index (χ1n) is 8.04. The zero-order valence-corrected chi connectivity index (χ0v) is 17.7. The van der Waals surface area contributed by atoms with Gasteiger partial charge in [-0.15, -0.1) is 24.0 Å². The molecule has 0 heterocycles. The van der Waals surface area contributed by atoms with Crippen molar-refractivity contribution in [2.45, 2.75) is 26.6 Å². The lowest BCUT2D eigenvalue weighted by Gasteiger charge is -2.12. The van der Waals surface area contributed by atoms with Crippen LogP contribution in [0.2, 0.25) is 5.02 Å². The second kappa shape index (κ2) is 12.1. The summed E-state index contributed by atoms with van der Waals surface area (Å²) in [6.07, 6.45) is 0. The van der Waals surface area contributed by atoms with Crippen molar-refractivity contribution in [3.05, 3.63) is 70.2 Å². The molecule has 0 aromatic heterocycles. The number of nitrogens with one attached hydrogen (secondary N) is 2. The van der Waals surface area contributed by atoms with Gasteiger partial charge >= 0.3 is 0 Å². The minimum Gasteiger partial charge on any atom is -0.380 e. The summed E-state index contributed by atoms with van der Waals surface area (Å²) in [5, 5.41) is 7.34. The number of aliphatic imine (C=N–C) groups is 1. The lowest BCUT2D eigenvalue weighted by Crippen LogP contribution is -2.36. The van der Waals surface area contributed by atoms with Crippen molar-refractivity contribution in [2.75, 3.05) is 13.7 Å². The fourth-order valence-electron chi connectivity index (χ4n) is 2.25. The monoisotopic (exact) mass is 473 g/mol. The SMILES string of the molecule is CCNC(=NCc1cccc(Cl)c1)NCc1ccc(COC)cc1.I. The molecular formula is C19H25ClIN3O. The van der Waals surface area contributed by atoms with Crippen molar-refractivity contribution in [1.82, 2.24) is 10.6 Å². The summed E-state index contributed by atoms with van der Waals surface area (Å²) in [5.74, 6) is 0.790. The van der Waals surface area contributed by atoms with E-state index in [1.807, 2.05) is 24.3 Å². The molecule has 0 unspecified atom stereocenters. The minimum absolute atomic E-state index is 0. The number of benzene rings is 2. The van der Waals surface area contributed by atoms with Crippen molar-refractivity contribution in [2.24, 2.45) is 4.99 Å². The fourth-order valence-corrected chi connectivity index (χ4v) is 2.47. The van der Waals surface area contributed by atoms with Gasteiger partial charge in [-0.05, 0) is 35.7 Å². The van der Waals surface area contributed by atoms with Crippen LogP contribution in [-0.4, -0.2) is 19.6 Å². The van der Waals surface area contributed by atoms with Gasteiger partial charge in [0.25, 0.3) is 0 Å². The standard InChI is InChI=1S/C19H24ClN3O.HI/c1-3-21-19(23-13-17-5-4-6-18(20)11-17)22-12-15-7-9-16(10-8-15)14-24-2;/h4-11H,3,12-14H2,1-2H3,(H2,21,22,23);1H. The van der Waals surface area contributed by atoms with Crippen molar-refractivity contribution < 1.29 is 4.74 Å². The first-order chi connectivity index (χ1) is 11.7. The van der Waals surface area contributed by atoms with Gasteiger partial charge in [0.05, 0.1) is 13.2 Å². The molecule has 0 aliphatic rings.